The number of amides is 3. The van der Waals surface area contributed by atoms with E-state index in [0.717, 1.165) is 18.4 Å². The summed E-state index contributed by atoms with van der Waals surface area (Å²) in [6.45, 7) is 0.182. The molecule has 8 nitrogen and oxygen atoms in total. The van der Waals surface area contributed by atoms with Crippen LogP contribution in [0, 0.1) is 5.82 Å². The van der Waals surface area contributed by atoms with Gasteiger partial charge in [0.1, 0.15) is 11.6 Å². The number of cyclic esters (lactones) is 1. The van der Waals surface area contributed by atoms with Crippen LogP contribution in [0.3, 0.4) is 0 Å². The second-order valence-corrected chi connectivity index (χ2v) is 9.09. The molecule has 9 heteroatoms. The Morgan fingerprint density at radius 3 is 2.46 bits per heavy atom. The van der Waals surface area contributed by atoms with Gasteiger partial charge in [0.25, 0.3) is 5.91 Å². The van der Waals surface area contributed by atoms with Gasteiger partial charge in [-0.25, -0.2) is 9.18 Å². The molecule has 37 heavy (non-hydrogen) atoms. The molecule has 5 rings (SSSR count). The molecule has 0 bridgehead atoms. The molecule has 3 amide bonds. The maximum atomic E-state index is 13.2. The van der Waals surface area contributed by atoms with Crippen molar-refractivity contribution in [1.82, 2.24) is 10.2 Å². The number of anilines is 1. The summed E-state index contributed by atoms with van der Waals surface area (Å²) >= 11 is 0. The van der Waals surface area contributed by atoms with Gasteiger partial charge in [-0.1, -0.05) is 24.3 Å². The Balaban J connectivity index is 1.35. The van der Waals surface area contributed by atoms with E-state index >= 15 is 0 Å². The van der Waals surface area contributed by atoms with Gasteiger partial charge < -0.3 is 20.1 Å². The molecule has 1 aliphatic carbocycles. The Kier molecular flexibility index (Phi) is 6.76. The normalized spacial score (nSPS) is 18.8. The first-order valence-electron chi connectivity index (χ1n) is 12.0. The van der Waals surface area contributed by atoms with Crippen LogP contribution < -0.4 is 15.4 Å². The van der Waals surface area contributed by atoms with Crippen LogP contribution in [0.25, 0.3) is 0 Å². The zero-order valence-electron chi connectivity index (χ0n) is 20.1. The fourth-order valence-corrected chi connectivity index (χ4v) is 4.25. The minimum absolute atomic E-state index is 0.117. The molecule has 0 unspecified atom stereocenters. The van der Waals surface area contributed by atoms with Crippen molar-refractivity contribution in [2.75, 3.05) is 12.4 Å². The predicted octanol–water partition coefficient (Wildman–Crippen LogP) is 4.43. The topological polar surface area (TPSA) is 97.0 Å². The van der Waals surface area contributed by atoms with Crippen molar-refractivity contribution in [2.24, 2.45) is 0 Å². The fourth-order valence-electron chi connectivity index (χ4n) is 4.25. The summed E-state index contributed by atoms with van der Waals surface area (Å²) < 4.78 is 24.1. The molecular weight excluding hydrogens is 477 g/mol. The minimum Gasteiger partial charge on any atom is -0.497 e. The van der Waals surface area contributed by atoms with Crippen molar-refractivity contribution in [2.45, 2.75) is 37.6 Å². The predicted molar refractivity (Wildman–Crippen MR) is 134 cm³/mol. The van der Waals surface area contributed by atoms with Gasteiger partial charge in [0.05, 0.1) is 13.7 Å². The minimum atomic E-state index is -0.862. The number of benzene rings is 3. The Bertz CT molecular complexity index is 1310. The molecule has 2 fully saturated rings. The van der Waals surface area contributed by atoms with Crippen molar-refractivity contribution in [3.63, 3.8) is 0 Å². The van der Waals surface area contributed by atoms with Gasteiger partial charge in [-0.2, -0.15) is 0 Å². The lowest BCUT2D eigenvalue weighted by atomic mass is 10.00. The number of carbonyl (C=O) groups is 3. The molecule has 0 spiro atoms. The molecule has 2 aliphatic rings. The Morgan fingerprint density at radius 1 is 1.05 bits per heavy atom. The van der Waals surface area contributed by atoms with Crippen molar-refractivity contribution >= 4 is 23.6 Å². The number of hydrogen-bond acceptors (Lipinski definition) is 5. The zero-order valence-corrected chi connectivity index (χ0v) is 20.1. The van der Waals surface area contributed by atoms with Crippen LogP contribution in [-0.4, -0.2) is 42.0 Å². The number of nitrogens with one attached hydrogen (secondary N) is 2. The van der Waals surface area contributed by atoms with Crippen molar-refractivity contribution in [3.8, 4) is 5.75 Å². The monoisotopic (exact) mass is 503 g/mol. The summed E-state index contributed by atoms with van der Waals surface area (Å²) in [6.07, 6.45) is 0.420. The number of hydrogen-bond donors (Lipinski definition) is 2. The van der Waals surface area contributed by atoms with Crippen LogP contribution in [0.2, 0.25) is 0 Å². The molecule has 1 aliphatic heterocycles. The molecule has 0 aromatic heterocycles. The van der Waals surface area contributed by atoms with Gasteiger partial charge in [-0.15, -0.1) is 0 Å². The van der Waals surface area contributed by atoms with Crippen molar-refractivity contribution in [3.05, 3.63) is 95.3 Å². The number of nitrogens with zero attached hydrogens (tertiary/aromatic N) is 1. The number of rotatable bonds is 8. The molecule has 1 saturated heterocycles. The second kappa shape index (κ2) is 10.3. The lowest BCUT2D eigenvalue weighted by molar-refractivity contribution is -0.126. The Hall–Kier alpha value is -4.40. The summed E-state index contributed by atoms with van der Waals surface area (Å²) in [5, 5.41) is 5.75. The summed E-state index contributed by atoms with van der Waals surface area (Å²) in [4.78, 5) is 40.1. The molecule has 190 valence electrons. The standard InChI is InChI=1S/C28H26FN3O5/c1-36-23-4-2-3-17(15-23)16-32-24(27(34)31-22-13-14-22)25(37-28(32)35)18-7-11-21(12-8-18)30-26(33)19-5-9-20(29)10-6-19/h2-12,15,22,24-25H,13-14,16H2,1H3,(H,30,33)(H,31,34)/t24-,25-/m0/s1. The quantitative estimate of drug-likeness (QED) is 0.474. The highest BCUT2D eigenvalue weighted by molar-refractivity contribution is 6.04. The largest absolute Gasteiger partial charge is 0.497 e. The van der Waals surface area contributed by atoms with Crippen LogP contribution in [0.1, 0.15) is 40.4 Å². The lowest BCUT2D eigenvalue weighted by Gasteiger charge is -2.24. The summed E-state index contributed by atoms with van der Waals surface area (Å²) in [5.41, 5.74) is 2.26. The molecule has 3 aromatic carbocycles. The third-order valence-electron chi connectivity index (χ3n) is 6.37. The van der Waals surface area contributed by atoms with Crippen molar-refractivity contribution in [1.29, 1.82) is 0 Å². The average molecular weight is 504 g/mol. The third-order valence-corrected chi connectivity index (χ3v) is 6.37. The summed E-state index contributed by atoms with van der Waals surface area (Å²) in [7, 11) is 1.57. The summed E-state index contributed by atoms with van der Waals surface area (Å²) in [6, 6.07) is 18.6. The Morgan fingerprint density at radius 2 is 1.78 bits per heavy atom. The van der Waals surface area contributed by atoms with Crippen LogP contribution >= 0.6 is 0 Å². The van der Waals surface area contributed by atoms with Gasteiger partial charge in [0.2, 0.25) is 5.91 Å². The maximum absolute atomic E-state index is 13.2. The highest BCUT2D eigenvalue weighted by Gasteiger charge is 2.47. The number of halogens is 1. The molecular formula is C28H26FN3O5. The highest BCUT2D eigenvalue weighted by atomic mass is 19.1. The molecule has 0 radical (unpaired) electrons. The number of methoxy groups -OCH3 is 1. The summed E-state index contributed by atoms with van der Waals surface area (Å²) in [5.74, 6) is -0.423. The number of carbonyl (C=O) groups excluding carboxylic acids is 3. The average Bonchev–Trinajstić information content (AvgIpc) is 3.66. The van der Waals surface area contributed by atoms with E-state index in [0.29, 0.717) is 22.6 Å². The van der Waals surface area contributed by atoms with E-state index in [1.807, 2.05) is 24.3 Å². The number of ether oxygens (including phenoxy) is 2. The lowest BCUT2D eigenvalue weighted by Crippen LogP contribution is -2.46. The van der Waals surface area contributed by atoms with Crippen molar-refractivity contribution < 1.29 is 28.2 Å². The molecule has 2 atom stereocenters. The zero-order chi connectivity index (χ0) is 25.9. The van der Waals surface area contributed by atoms with Crippen LogP contribution in [-0.2, 0) is 16.1 Å². The van der Waals surface area contributed by atoms with E-state index in [-0.39, 0.29) is 24.4 Å². The van der Waals surface area contributed by atoms with E-state index < -0.39 is 24.1 Å². The van der Waals surface area contributed by atoms with E-state index in [4.69, 9.17) is 9.47 Å². The fraction of sp³-hybridized carbons (Fsp3) is 0.250. The van der Waals surface area contributed by atoms with Crippen LogP contribution in [0.4, 0.5) is 14.9 Å². The van der Waals surface area contributed by atoms with Gasteiger partial charge in [0, 0.05) is 17.3 Å². The Labute approximate surface area is 213 Å². The molecule has 3 aromatic rings. The van der Waals surface area contributed by atoms with Crippen LogP contribution in [0.5, 0.6) is 5.75 Å². The first-order chi connectivity index (χ1) is 17.9. The highest BCUT2D eigenvalue weighted by Crippen LogP contribution is 2.35. The SMILES string of the molecule is COc1cccc(CN2C(=O)O[C@@H](c3ccc(NC(=O)c4ccc(F)cc4)cc3)[C@H]2C(=O)NC2CC2)c1. The van der Waals surface area contributed by atoms with E-state index in [1.54, 1.807) is 31.4 Å². The van der Waals surface area contributed by atoms with Gasteiger partial charge in [-0.3, -0.25) is 14.5 Å². The first-order valence-corrected chi connectivity index (χ1v) is 12.0. The van der Waals surface area contributed by atoms with Gasteiger partial charge in [-0.05, 0) is 72.5 Å². The second-order valence-electron chi connectivity index (χ2n) is 9.09. The maximum Gasteiger partial charge on any atom is 0.411 e. The van der Waals surface area contributed by atoms with Crippen LogP contribution in [0.15, 0.2) is 72.8 Å². The molecule has 1 heterocycles. The van der Waals surface area contributed by atoms with E-state index in [2.05, 4.69) is 10.6 Å². The smallest absolute Gasteiger partial charge is 0.411 e. The van der Waals surface area contributed by atoms with E-state index in [9.17, 15) is 18.8 Å². The van der Waals surface area contributed by atoms with Gasteiger partial charge in [0.15, 0.2) is 12.1 Å². The molecule has 2 N–H and O–H groups in total. The first kappa shape index (κ1) is 24.3. The van der Waals surface area contributed by atoms with Gasteiger partial charge >= 0.3 is 6.09 Å². The van der Waals surface area contributed by atoms with E-state index in [1.165, 1.54) is 29.2 Å². The molecule has 1 saturated carbocycles. The third kappa shape index (κ3) is 5.55.